The lowest BCUT2D eigenvalue weighted by Gasteiger charge is -2.28. The van der Waals surface area contributed by atoms with Gasteiger partial charge in [-0.25, -0.2) is 0 Å². The first-order valence-electron chi connectivity index (χ1n) is 8.01. The Morgan fingerprint density at radius 2 is 1.77 bits per heavy atom. The Balaban J connectivity index is 1.91. The third-order valence-electron chi connectivity index (χ3n) is 4.03. The molecule has 1 amide bonds. The summed E-state index contributed by atoms with van der Waals surface area (Å²) in [6, 6.07) is 10.1. The molecule has 0 fully saturated rings. The van der Waals surface area contributed by atoms with Crippen molar-refractivity contribution >= 4 is 5.91 Å². The van der Waals surface area contributed by atoms with E-state index in [1.807, 2.05) is 55.2 Å². The normalized spacial score (nSPS) is 20.1. The summed E-state index contributed by atoms with van der Waals surface area (Å²) in [4.78, 5) is 14.5. The van der Waals surface area contributed by atoms with Gasteiger partial charge in [0.05, 0.1) is 19.1 Å². The summed E-state index contributed by atoms with van der Waals surface area (Å²) in [7, 11) is 0. The molecule has 0 saturated heterocycles. The largest absolute Gasteiger partial charge is 0.376 e. The molecule has 0 aliphatic heterocycles. The number of rotatable bonds is 7. The van der Waals surface area contributed by atoms with E-state index >= 15 is 0 Å². The zero-order chi connectivity index (χ0) is 15.8. The maximum absolute atomic E-state index is 12.6. The third-order valence-corrected chi connectivity index (χ3v) is 4.03. The number of amides is 1. The van der Waals surface area contributed by atoms with Gasteiger partial charge in [-0.3, -0.25) is 4.79 Å². The fraction of sp³-hybridized carbons (Fsp3) is 0.421. The number of ether oxygens (including phenoxy) is 1. The van der Waals surface area contributed by atoms with Crippen LogP contribution in [0.15, 0.2) is 54.6 Å². The van der Waals surface area contributed by atoms with Crippen LogP contribution in [0.5, 0.6) is 0 Å². The Morgan fingerprint density at radius 1 is 1.09 bits per heavy atom. The molecule has 1 aliphatic carbocycles. The summed E-state index contributed by atoms with van der Waals surface area (Å²) in [6.07, 6.45) is 8.04. The summed E-state index contributed by atoms with van der Waals surface area (Å²) in [5.41, 5.74) is 1.16. The SMILES string of the molecule is CCN(CC)C(=O)[C@@H]1C=CC=C[C@@H]1COCc1ccccc1. The number of nitrogens with zero attached hydrogens (tertiary/aromatic N) is 1. The minimum Gasteiger partial charge on any atom is -0.376 e. The molecule has 1 aliphatic rings. The zero-order valence-corrected chi connectivity index (χ0v) is 13.4. The average Bonchev–Trinajstić information content (AvgIpc) is 2.57. The van der Waals surface area contributed by atoms with E-state index in [1.165, 1.54) is 0 Å². The Bertz CT molecular complexity index is 517. The van der Waals surface area contributed by atoms with Crippen LogP contribution < -0.4 is 0 Å². The van der Waals surface area contributed by atoms with Crippen LogP contribution in [0.1, 0.15) is 19.4 Å². The molecule has 0 bridgehead atoms. The molecule has 0 unspecified atom stereocenters. The number of hydrogen-bond donors (Lipinski definition) is 0. The van der Waals surface area contributed by atoms with Crippen molar-refractivity contribution in [2.75, 3.05) is 19.7 Å². The maximum atomic E-state index is 12.6. The van der Waals surface area contributed by atoms with Crippen LogP contribution in [0.2, 0.25) is 0 Å². The first-order chi connectivity index (χ1) is 10.8. The van der Waals surface area contributed by atoms with E-state index in [4.69, 9.17) is 4.74 Å². The lowest BCUT2D eigenvalue weighted by Crippen LogP contribution is -2.39. The van der Waals surface area contributed by atoms with Crippen LogP contribution in [0, 0.1) is 11.8 Å². The monoisotopic (exact) mass is 299 g/mol. The van der Waals surface area contributed by atoms with Gasteiger partial charge in [0.1, 0.15) is 0 Å². The van der Waals surface area contributed by atoms with E-state index in [9.17, 15) is 4.79 Å². The number of allylic oxidation sites excluding steroid dienone is 2. The second kappa shape index (κ2) is 8.54. The molecule has 2 atom stereocenters. The Hall–Kier alpha value is -1.87. The molecule has 22 heavy (non-hydrogen) atoms. The van der Waals surface area contributed by atoms with Crippen LogP contribution in [0.4, 0.5) is 0 Å². The van der Waals surface area contributed by atoms with Crippen LogP contribution in [0.25, 0.3) is 0 Å². The smallest absolute Gasteiger partial charge is 0.230 e. The van der Waals surface area contributed by atoms with Gasteiger partial charge in [0.2, 0.25) is 5.91 Å². The van der Waals surface area contributed by atoms with E-state index in [1.54, 1.807) is 0 Å². The van der Waals surface area contributed by atoms with E-state index < -0.39 is 0 Å². The maximum Gasteiger partial charge on any atom is 0.230 e. The van der Waals surface area contributed by atoms with Crippen molar-refractivity contribution in [3.63, 3.8) is 0 Å². The first kappa shape index (κ1) is 16.5. The molecular formula is C19H25NO2. The summed E-state index contributed by atoms with van der Waals surface area (Å²) >= 11 is 0. The van der Waals surface area contributed by atoms with Crippen molar-refractivity contribution in [3.05, 3.63) is 60.2 Å². The molecule has 118 valence electrons. The summed E-state index contributed by atoms with van der Waals surface area (Å²) in [5, 5.41) is 0. The molecular weight excluding hydrogens is 274 g/mol. The fourth-order valence-electron chi connectivity index (χ4n) is 2.71. The van der Waals surface area contributed by atoms with Crippen LogP contribution in [0.3, 0.4) is 0 Å². The Kier molecular flexibility index (Phi) is 6.41. The predicted molar refractivity (Wildman–Crippen MR) is 89.3 cm³/mol. The van der Waals surface area contributed by atoms with Gasteiger partial charge >= 0.3 is 0 Å². The highest BCUT2D eigenvalue weighted by Crippen LogP contribution is 2.23. The molecule has 1 aromatic carbocycles. The fourth-order valence-corrected chi connectivity index (χ4v) is 2.71. The minimum atomic E-state index is -0.110. The van der Waals surface area contributed by atoms with Crippen molar-refractivity contribution in [2.24, 2.45) is 11.8 Å². The second-order valence-corrected chi connectivity index (χ2v) is 5.47. The highest BCUT2D eigenvalue weighted by atomic mass is 16.5. The number of benzene rings is 1. The zero-order valence-electron chi connectivity index (χ0n) is 13.4. The predicted octanol–water partition coefficient (Wildman–Crippen LogP) is 3.43. The summed E-state index contributed by atoms with van der Waals surface area (Å²) in [6.45, 7) is 6.69. The molecule has 0 radical (unpaired) electrons. The minimum absolute atomic E-state index is 0.110. The number of carbonyl (C=O) groups excluding carboxylic acids is 1. The molecule has 3 heteroatoms. The standard InChI is InChI=1S/C19H25NO2/c1-3-20(4-2)19(21)18-13-9-8-12-17(18)15-22-14-16-10-6-5-7-11-16/h5-13,17-18H,3-4,14-15H2,1-2H3/t17-,18-/m1/s1. The van der Waals surface area contributed by atoms with E-state index in [0.717, 1.165) is 18.7 Å². The number of carbonyl (C=O) groups is 1. The van der Waals surface area contributed by atoms with Crippen molar-refractivity contribution in [3.8, 4) is 0 Å². The molecule has 1 aromatic rings. The molecule has 0 aromatic heterocycles. The van der Waals surface area contributed by atoms with Crippen LogP contribution >= 0.6 is 0 Å². The third kappa shape index (κ3) is 4.31. The van der Waals surface area contributed by atoms with Crippen molar-refractivity contribution < 1.29 is 9.53 Å². The molecule has 0 N–H and O–H groups in total. The van der Waals surface area contributed by atoms with E-state index in [0.29, 0.717) is 13.2 Å². The van der Waals surface area contributed by atoms with Crippen LogP contribution in [-0.4, -0.2) is 30.5 Å². The number of hydrogen-bond acceptors (Lipinski definition) is 2. The van der Waals surface area contributed by atoms with Crippen molar-refractivity contribution in [1.82, 2.24) is 4.90 Å². The van der Waals surface area contributed by atoms with Gasteiger partial charge in [0, 0.05) is 19.0 Å². The quantitative estimate of drug-likeness (QED) is 0.772. The lowest BCUT2D eigenvalue weighted by atomic mass is 9.87. The topological polar surface area (TPSA) is 29.5 Å². The van der Waals surface area contributed by atoms with Gasteiger partial charge in [-0.2, -0.15) is 0 Å². The average molecular weight is 299 g/mol. The first-order valence-corrected chi connectivity index (χ1v) is 8.01. The van der Waals surface area contributed by atoms with Gasteiger partial charge < -0.3 is 9.64 Å². The van der Waals surface area contributed by atoms with E-state index in [-0.39, 0.29) is 17.7 Å². The van der Waals surface area contributed by atoms with Gasteiger partial charge in [-0.05, 0) is 19.4 Å². The van der Waals surface area contributed by atoms with E-state index in [2.05, 4.69) is 18.2 Å². The Morgan fingerprint density at radius 3 is 2.45 bits per heavy atom. The second-order valence-electron chi connectivity index (χ2n) is 5.47. The molecule has 0 saturated carbocycles. The summed E-state index contributed by atoms with van der Waals surface area (Å²) in [5.74, 6) is 0.196. The van der Waals surface area contributed by atoms with Crippen LogP contribution in [-0.2, 0) is 16.1 Å². The van der Waals surface area contributed by atoms with Gasteiger partial charge in [0.15, 0.2) is 0 Å². The van der Waals surface area contributed by atoms with Crippen molar-refractivity contribution in [2.45, 2.75) is 20.5 Å². The molecule has 0 heterocycles. The highest BCUT2D eigenvalue weighted by Gasteiger charge is 2.28. The molecule has 2 rings (SSSR count). The molecule has 3 nitrogen and oxygen atoms in total. The van der Waals surface area contributed by atoms with Gasteiger partial charge in [-0.15, -0.1) is 0 Å². The highest BCUT2D eigenvalue weighted by molar-refractivity contribution is 5.81. The van der Waals surface area contributed by atoms with Crippen molar-refractivity contribution in [1.29, 1.82) is 0 Å². The van der Waals surface area contributed by atoms with Gasteiger partial charge in [-0.1, -0.05) is 54.6 Å². The lowest BCUT2D eigenvalue weighted by molar-refractivity contribution is -0.135. The van der Waals surface area contributed by atoms with Gasteiger partial charge in [0.25, 0.3) is 0 Å². The Labute approximate surface area is 133 Å². The molecule has 0 spiro atoms. The summed E-state index contributed by atoms with van der Waals surface area (Å²) < 4.78 is 5.83.